The fourth-order valence-electron chi connectivity index (χ4n) is 1.87. The number of anilines is 1. The number of fused-ring (bicyclic) bond motifs is 1. The number of halogens is 3. The standard InChI is InChI=1S/C13H11F3N2O2/c1-3-20-13(19)7-5-18-12-6(11(7)17-2)4-8(14)9(15)10(12)16/h4-5H,3H2,1-2H3,(H,17,18). The zero-order valence-corrected chi connectivity index (χ0v) is 10.8. The minimum Gasteiger partial charge on any atom is -0.462 e. The van der Waals surface area contributed by atoms with Crippen LogP contribution in [0.2, 0.25) is 0 Å². The Morgan fingerprint density at radius 3 is 2.65 bits per heavy atom. The van der Waals surface area contributed by atoms with E-state index in [4.69, 9.17) is 4.74 Å². The number of nitrogens with zero attached hydrogens (tertiary/aromatic N) is 1. The first-order chi connectivity index (χ1) is 9.51. The molecule has 0 fully saturated rings. The van der Waals surface area contributed by atoms with Crippen LogP contribution >= 0.6 is 0 Å². The second-order valence-corrected chi connectivity index (χ2v) is 3.90. The SMILES string of the molecule is CCOC(=O)c1cnc2c(F)c(F)c(F)cc2c1NC. The predicted molar refractivity (Wildman–Crippen MR) is 67.1 cm³/mol. The van der Waals surface area contributed by atoms with Gasteiger partial charge in [-0.25, -0.2) is 18.0 Å². The third-order valence-electron chi connectivity index (χ3n) is 2.74. The van der Waals surface area contributed by atoms with E-state index in [0.29, 0.717) is 0 Å². The first kappa shape index (κ1) is 14.1. The maximum Gasteiger partial charge on any atom is 0.341 e. The van der Waals surface area contributed by atoms with Crippen molar-refractivity contribution in [2.75, 3.05) is 19.0 Å². The number of carbonyl (C=O) groups is 1. The van der Waals surface area contributed by atoms with E-state index >= 15 is 0 Å². The van der Waals surface area contributed by atoms with Gasteiger partial charge in [0.1, 0.15) is 11.1 Å². The van der Waals surface area contributed by atoms with Crippen LogP contribution in [0.1, 0.15) is 17.3 Å². The summed E-state index contributed by atoms with van der Waals surface area (Å²) in [6, 6.07) is 0.787. The summed E-state index contributed by atoms with van der Waals surface area (Å²) in [7, 11) is 1.47. The molecule has 1 heterocycles. The van der Waals surface area contributed by atoms with Gasteiger partial charge in [-0.1, -0.05) is 0 Å². The summed E-state index contributed by atoms with van der Waals surface area (Å²) in [4.78, 5) is 15.4. The number of carbonyl (C=O) groups excluding carboxylic acids is 1. The summed E-state index contributed by atoms with van der Waals surface area (Å²) >= 11 is 0. The van der Waals surface area contributed by atoms with Crippen molar-refractivity contribution in [1.82, 2.24) is 4.98 Å². The van der Waals surface area contributed by atoms with Gasteiger partial charge in [-0.3, -0.25) is 4.98 Å². The minimum absolute atomic E-state index is 0.0206. The van der Waals surface area contributed by atoms with E-state index in [0.717, 1.165) is 12.3 Å². The van der Waals surface area contributed by atoms with Gasteiger partial charge in [0.05, 0.1) is 12.3 Å². The molecule has 0 spiro atoms. The van der Waals surface area contributed by atoms with Crippen molar-refractivity contribution in [2.24, 2.45) is 0 Å². The van der Waals surface area contributed by atoms with Gasteiger partial charge in [-0.05, 0) is 13.0 Å². The average Bonchev–Trinajstić information content (AvgIpc) is 2.44. The highest BCUT2D eigenvalue weighted by Gasteiger charge is 2.21. The molecule has 1 aromatic carbocycles. The van der Waals surface area contributed by atoms with Crippen LogP contribution in [0.3, 0.4) is 0 Å². The van der Waals surface area contributed by atoms with Crippen molar-refractivity contribution < 1.29 is 22.7 Å². The molecule has 0 aliphatic rings. The third kappa shape index (κ3) is 2.15. The number of ether oxygens (including phenoxy) is 1. The smallest absolute Gasteiger partial charge is 0.341 e. The molecule has 1 N–H and O–H groups in total. The molecular weight excluding hydrogens is 273 g/mol. The Labute approximate surface area is 112 Å². The molecule has 0 bridgehead atoms. The van der Waals surface area contributed by atoms with Crippen molar-refractivity contribution >= 4 is 22.6 Å². The second kappa shape index (κ2) is 5.36. The van der Waals surface area contributed by atoms with Gasteiger partial charge in [-0.15, -0.1) is 0 Å². The molecule has 7 heteroatoms. The topological polar surface area (TPSA) is 51.2 Å². The van der Waals surface area contributed by atoms with Crippen molar-refractivity contribution in [2.45, 2.75) is 6.92 Å². The molecule has 0 atom stereocenters. The Bertz CT molecular complexity index is 689. The van der Waals surface area contributed by atoms with Gasteiger partial charge in [0, 0.05) is 18.6 Å². The van der Waals surface area contributed by atoms with Gasteiger partial charge in [0.2, 0.25) is 0 Å². The first-order valence-electron chi connectivity index (χ1n) is 5.82. The maximum absolute atomic E-state index is 13.6. The Morgan fingerprint density at radius 2 is 2.05 bits per heavy atom. The molecule has 0 radical (unpaired) electrons. The van der Waals surface area contributed by atoms with Crippen molar-refractivity contribution in [3.8, 4) is 0 Å². The fourth-order valence-corrected chi connectivity index (χ4v) is 1.87. The molecule has 0 aliphatic heterocycles. The van der Waals surface area contributed by atoms with Crippen molar-refractivity contribution in [3.63, 3.8) is 0 Å². The number of hydrogen-bond acceptors (Lipinski definition) is 4. The van der Waals surface area contributed by atoms with Gasteiger partial charge in [0.25, 0.3) is 0 Å². The van der Waals surface area contributed by atoms with E-state index in [1.165, 1.54) is 7.05 Å². The maximum atomic E-state index is 13.6. The van der Waals surface area contributed by atoms with Gasteiger partial charge in [0.15, 0.2) is 17.5 Å². The summed E-state index contributed by atoms with van der Waals surface area (Å²) in [5.74, 6) is -5.03. The largest absolute Gasteiger partial charge is 0.462 e. The van der Waals surface area contributed by atoms with E-state index in [-0.39, 0.29) is 28.8 Å². The third-order valence-corrected chi connectivity index (χ3v) is 2.74. The molecule has 0 saturated carbocycles. The molecule has 106 valence electrons. The summed E-state index contributed by atoms with van der Waals surface area (Å²) in [5.41, 5.74) is -0.209. The van der Waals surface area contributed by atoms with E-state index in [1.54, 1.807) is 6.92 Å². The van der Waals surface area contributed by atoms with E-state index < -0.39 is 23.4 Å². The molecule has 4 nitrogen and oxygen atoms in total. The Balaban J connectivity index is 2.77. The van der Waals surface area contributed by atoms with Crippen LogP contribution in [0.25, 0.3) is 10.9 Å². The van der Waals surface area contributed by atoms with Gasteiger partial charge < -0.3 is 10.1 Å². The minimum atomic E-state index is -1.60. The molecule has 0 aliphatic carbocycles. The number of rotatable bonds is 3. The van der Waals surface area contributed by atoms with Crippen LogP contribution in [0.15, 0.2) is 12.3 Å². The quantitative estimate of drug-likeness (QED) is 0.695. The van der Waals surface area contributed by atoms with Crippen molar-refractivity contribution in [1.29, 1.82) is 0 Å². The van der Waals surface area contributed by atoms with Gasteiger partial charge in [-0.2, -0.15) is 0 Å². The summed E-state index contributed by atoms with van der Waals surface area (Å²) in [5, 5.41) is 2.62. The Morgan fingerprint density at radius 1 is 1.35 bits per heavy atom. The zero-order chi connectivity index (χ0) is 14.9. The molecule has 2 aromatic rings. The number of aromatic nitrogens is 1. The fraction of sp³-hybridized carbons (Fsp3) is 0.231. The highest BCUT2D eigenvalue weighted by molar-refractivity contribution is 6.04. The van der Waals surface area contributed by atoms with Crippen LogP contribution in [0.4, 0.5) is 18.9 Å². The molecule has 2 rings (SSSR count). The Hall–Kier alpha value is -2.31. The summed E-state index contributed by atoms with van der Waals surface area (Å²) < 4.78 is 45.0. The number of esters is 1. The number of hydrogen-bond donors (Lipinski definition) is 1. The average molecular weight is 284 g/mol. The van der Waals surface area contributed by atoms with E-state index in [1.807, 2.05) is 0 Å². The molecule has 0 amide bonds. The first-order valence-corrected chi connectivity index (χ1v) is 5.82. The molecule has 1 aromatic heterocycles. The highest BCUT2D eigenvalue weighted by Crippen LogP contribution is 2.30. The van der Waals surface area contributed by atoms with Crippen LogP contribution < -0.4 is 5.32 Å². The van der Waals surface area contributed by atoms with Crippen LogP contribution in [0, 0.1) is 17.5 Å². The van der Waals surface area contributed by atoms with Gasteiger partial charge >= 0.3 is 5.97 Å². The highest BCUT2D eigenvalue weighted by atomic mass is 19.2. The predicted octanol–water partition coefficient (Wildman–Crippen LogP) is 2.87. The van der Waals surface area contributed by atoms with Crippen LogP contribution in [-0.4, -0.2) is 24.6 Å². The van der Waals surface area contributed by atoms with E-state index in [2.05, 4.69) is 10.3 Å². The lowest BCUT2D eigenvalue weighted by molar-refractivity contribution is 0.0527. The molecular formula is C13H11F3N2O2. The lowest BCUT2D eigenvalue weighted by Crippen LogP contribution is -2.10. The van der Waals surface area contributed by atoms with Crippen LogP contribution in [-0.2, 0) is 4.74 Å². The second-order valence-electron chi connectivity index (χ2n) is 3.90. The van der Waals surface area contributed by atoms with Crippen molar-refractivity contribution in [3.05, 3.63) is 35.3 Å². The summed E-state index contributed by atoms with van der Waals surface area (Å²) in [6.07, 6.45) is 1.06. The lowest BCUT2D eigenvalue weighted by Gasteiger charge is -2.12. The monoisotopic (exact) mass is 284 g/mol. The molecule has 0 unspecified atom stereocenters. The summed E-state index contributed by atoms with van der Waals surface area (Å²) in [6.45, 7) is 1.77. The van der Waals surface area contributed by atoms with E-state index in [9.17, 15) is 18.0 Å². The number of nitrogens with one attached hydrogen (secondary N) is 1. The number of pyridine rings is 1. The lowest BCUT2D eigenvalue weighted by atomic mass is 10.1. The zero-order valence-electron chi connectivity index (χ0n) is 10.8. The Kier molecular flexibility index (Phi) is 3.78. The normalized spacial score (nSPS) is 10.7. The molecule has 20 heavy (non-hydrogen) atoms. The number of benzene rings is 1. The van der Waals surface area contributed by atoms with Crippen LogP contribution in [0.5, 0.6) is 0 Å². The molecule has 0 saturated heterocycles.